The number of rotatable bonds is 8. The highest BCUT2D eigenvalue weighted by Crippen LogP contribution is 1.89. The molecule has 1 heterocycles. The van der Waals surface area contributed by atoms with Crippen LogP contribution < -0.4 is 10.6 Å². The molecule has 0 aromatic carbocycles. The van der Waals surface area contributed by atoms with Crippen molar-refractivity contribution in [2.45, 2.75) is 13.0 Å². The van der Waals surface area contributed by atoms with E-state index in [9.17, 15) is 4.79 Å². The summed E-state index contributed by atoms with van der Waals surface area (Å²) in [6.45, 7) is 2.46. The number of nitrogens with one attached hydrogen (secondary N) is 3. The topological polar surface area (TPSA) is 79.0 Å². The van der Waals surface area contributed by atoms with Gasteiger partial charge in [-0.25, -0.2) is 4.98 Å². The van der Waals surface area contributed by atoms with Crippen molar-refractivity contribution in [3.63, 3.8) is 0 Å². The zero-order valence-electron chi connectivity index (χ0n) is 9.45. The predicted molar refractivity (Wildman–Crippen MR) is 59.8 cm³/mol. The Balaban J connectivity index is 1.96. The number of carbonyl (C=O) groups excluding carboxylic acids is 1. The maximum absolute atomic E-state index is 11.3. The van der Waals surface area contributed by atoms with Crippen LogP contribution in [0.5, 0.6) is 0 Å². The van der Waals surface area contributed by atoms with Crippen molar-refractivity contribution in [2.75, 3.05) is 26.8 Å². The molecule has 6 heteroatoms. The number of aromatic amines is 1. The van der Waals surface area contributed by atoms with Crippen LogP contribution in [0.2, 0.25) is 0 Å². The van der Waals surface area contributed by atoms with E-state index in [1.165, 1.54) is 0 Å². The summed E-state index contributed by atoms with van der Waals surface area (Å²) in [5, 5.41) is 5.90. The van der Waals surface area contributed by atoms with E-state index in [1.54, 1.807) is 19.6 Å². The third-order valence-corrected chi connectivity index (χ3v) is 2.03. The fourth-order valence-corrected chi connectivity index (χ4v) is 1.19. The lowest BCUT2D eigenvalue weighted by Crippen LogP contribution is -2.29. The smallest absolute Gasteiger partial charge is 0.221 e. The Hall–Kier alpha value is -1.40. The van der Waals surface area contributed by atoms with Crippen LogP contribution in [-0.4, -0.2) is 42.7 Å². The van der Waals surface area contributed by atoms with Gasteiger partial charge in [-0.2, -0.15) is 0 Å². The van der Waals surface area contributed by atoms with Crippen molar-refractivity contribution in [1.82, 2.24) is 20.6 Å². The molecule has 0 fully saturated rings. The quantitative estimate of drug-likeness (QED) is 0.529. The molecule has 6 nitrogen and oxygen atoms in total. The summed E-state index contributed by atoms with van der Waals surface area (Å²) < 4.78 is 4.83. The Morgan fingerprint density at radius 2 is 2.44 bits per heavy atom. The van der Waals surface area contributed by atoms with Crippen molar-refractivity contribution in [3.05, 3.63) is 18.2 Å². The Bertz CT molecular complexity index is 287. The number of nitrogens with zero attached hydrogens (tertiary/aromatic N) is 1. The molecular weight excluding hydrogens is 208 g/mol. The second-order valence-corrected chi connectivity index (χ2v) is 3.35. The van der Waals surface area contributed by atoms with Gasteiger partial charge in [0.05, 0.1) is 12.9 Å². The number of carbonyl (C=O) groups is 1. The van der Waals surface area contributed by atoms with E-state index in [1.807, 2.05) is 0 Å². The summed E-state index contributed by atoms with van der Waals surface area (Å²) in [7, 11) is 1.61. The minimum absolute atomic E-state index is 0.0363. The molecule has 1 aromatic heterocycles. The molecule has 0 atom stereocenters. The maximum Gasteiger partial charge on any atom is 0.221 e. The molecule has 0 aliphatic heterocycles. The number of aromatic nitrogens is 2. The van der Waals surface area contributed by atoms with Crippen molar-refractivity contribution >= 4 is 5.91 Å². The molecule has 0 unspecified atom stereocenters. The number of hydrogen-bond donors (Lipinski definition) is 3. The normalized spacial score (nSPS) is 10.3. The first-order chi connectivity index (χ1) is 7.83. The molecule has 3 N–H and O–H groups in total. The minimum atomic E-state index is 0.0363. The molecule has 0 saturated carbocycles. The van der Waals surface area contributed by atoms with Crippen LogP contribution >= 0.6 is 0 Å². The van der Waals surface area contributed by atoms with E-state index in [-0.39, 0.29) is 5.91 Å². The Morgan fingerprint density at radius 3 is 3.12 bits per heavy atom. The van der Waals surface area contributed by atoms with Gasteiger partial charge in [-0.05, 0) is 0 Å². The first-order valence-electron chi connectivity index (χ1n) is 5.26. The molecule has 1 amide bonds. The van der Waals surface area contributed by atoms with Crippen LogP contribution in [0.25, 0.3) is 0 Å². The second kappa shape index (κ2) is 7.84. The van der Waals surface area contributed by atoms with Gasteiger partial charge in [0.2, 0.25) is 5.91 Å². The second-order valence-electron chi connectivity index (χ2n) is 3.35. The zero-order valence-corrected chi connectivity index (χ0v) is 9.45. The number of methoxy groups -OCH3 is 1. The molecule has 0 radical (unpaired) electrons. The first-order valence-corrected chi connectivity index (χ1v) is 5.26. The maximum atomic E-state index is 11.3. The number of amides is 1. The number of hydrogen-bond acceptors (Lipinski definition) is 4. The van der Waals surface area contributed by atoms with Crippen LogP contribution in [0.1, 0.15) is 12.1 Å². The molecule has 90 valence electrons. The molecule has 0 bridgehead atoms. The molecule has 16 heavy (non-hydrogen) atoms. The van der Waals surface area contributed by atoms with Gasteiger partial charge < -0.3 is 20.4 Å². The third-order valence-electron chi connectivity index (χ3n) is 2.03. The Kier molecular flexibility index (Phi) is 6.20. The van der Waals surface area contributed by atoms with Crippen molar-refractivity contribution in [2.24, 2.45) is 0 Å². The molecule has 0 spiro atoms. The molecule has 0 saturated heterocycles. The standard InChI is InChI=1S/C10H18N4O2/c1-16-5-4-13-10(15)2-3-11-6-9-7-12-8-14-9/h7-8,11H,2-6H2,1H3,(H,12,14)(H,13,15). The zero-order chi connectivity index (χ0) is 11.6. The van der Waals surface area contributed by atoms with Crippen LogP contribution in [0.4, 0.5) is 0 Å². The lowest BCUT2D eigenvalue weighted by atomic mass is 10.3. The van der Waals surface area contributed by atoms with Crippen molar-refractivity contribution in [3.8, 4) is 0 Å². The summed E-state index contributed by atoms with van der Waals surface area (Å²) in [5.74, 6) is 0.0363. The molecule has 0 aliphatic rings. The lowest BCUT2D eigenvalue weighted by molar-refractivity contribution is -0.121. The summed E-state index contributed by atoms with van der Waals surface area (Å²) in [6, 6.07) is 0. The van der Waals surface area contributed by atoms with Gasteiger partial charge in [-0.3, -0.25) is 4.79 Å². The monoisotopic (exact) mass is 226 g/mol. The van der Waals surface area contributed by atoms with Crippen molar-refractivity contribution in [1.29, 1.82) is 0 Å². The van der Waals surface area contributed by atoms with Gasteiger partial charge in [0.25, 0.3) is 0 Å². The van der Waals surface area contributed by atoms with E-state index in [0.717, 1.165) is 5.69 Å². The lowest BCUT2D eigenvalue weighted by Gasteiger charge is -2.05. The van der Waals surface area contributed by atoms with E-state index in [0.29, 0.717) is 32.7 Å². The van der Waals surface area contributed by atoms with Gasteiger partial charge in [-0.1, -0.05) is 0 Å². The highest BCUT2D eigenvalue weighted by molar-refractivity contribution is 5.75. The van der Waals surface area contributed by atoms with Crippen LogP contribution in [-0.2, 0) is 16.1 Å². The fourth-order valence-electron chi connectivity index (χ4n) is 1.19. The number of ether oxygens (including phenoxy) is 1. The average molecular weight is 226 g/mol. The third kappa shape index (κ3) is 5.47. The summed E-state index contributed by atoms with van der Waals surface area (Å²) in [5.41, 5.74) is 1.01. The summed E-state index contributed by atoms with van der Waals surface area (Å²) in [6.07, 6.45) is 3.86. The fraction of sp³-hybridized carbons (Fsp3) is 0.600. The number of H-pyrrole nitrogens is 1. The van der Waals surface area contributed by atoms with E-state index in [4.69, 9.17) is 4.74 Å². The van der Waals surface area contributed by atoms with Crippen LogP contribution in [0.15, 0.2) is 12.5 Å². The molecule has 1 aromatic rings. The van der Waals surface area contributed by atoms with E-state index >= 15 is 0 Å². The van der Waals surface area contributed by atoms with Gasteiger partial charge in [0, 0.05) is 45.1 Å². The summed E-state index contributed by atoms with van der Waals surface area (Å²) in [4.78, 5) is 18.1. The largest absolute Gasteiger partial charge is 0.383 e. The number of imidazole rings is 1. The highest BCUT2D eigenvalue weighted by atomic mass is 16.5. The Labute approximate surface area is 94.8 Å². The average Bonchev–Trinajstić information content (AvgIpc) is 2.78. The SMILES string of the molecule is COCCNC(=O)CCNCc1cnc[nH]1. The van der Waals surface area contributed by atoms with Gasteiger partial charge in [0.1, 0.15) is 0 Å². The van der Waals surface area contributed by atoms with Gasteiger partial charge in [0.15, 0.2) is 0 Å². The summed E-state index contributed by atoms with van der Waals surface area (Å²) >= 11 is 0. The predicted octanol–water partition coefficient (Wildman–Crippen LogP) is -0.348. The van der Waals surface area contributed by atoms with E-state index < -0.39 is 0 Å². The van der Waals surface area contributed by atoms with Crippen LogP contribution in [0, 0.1) is 0 Å². The molecule has 1 rings (SSSR count). The van der Waals surface area contributed by atoms with Crippen LogP contribution in [0.3, 0.4) is 0 Å². The van der Waals surface area contributed by atoms with Gasteiger partial charge >= 0.3 is 0 Å². The highest BCUT2D eigenvalue weighted by Gasteiger charge is 1.99. The van der Waals surface area contributed by atoms with E-state index in [2.05, 4.69) is 20.6 Å². The van der Waals surface area contributed by atoms with Gasteiger partial charge in [-0.15, -0.1) is 0 Å². The molecular formula is C10H18N4O2. The minimum Gasteiger partial charge on any atom is -0.383 e. The molecule has 0 aliphatic carbocycles. The Morgan fingerprint density at radius 1 is 1.56 bits per heavy atom. The first kappa shape index (κ1) is 12.7. The van der Waals surface area contributed by atoms with Crippen molar-refractivity contribution < 1.29 is 9.53 Å².